The van der Waals surface area contributed by atoms with Crippen molar-refractivity contribution in [1.82, 2.24) is 20.3 Å². The van der Waals surface area contributed by atoms with Gasteiger partial charge in [0.15, 0.2) is 0 Å². The maximum Gasteiger partial charge on any atom is 0.262 e. The molecule has 4 rings (SSSR count). The van der Waals surface area contributed by atoms with Crippen LogP contribution in [0.3, 0.4) is 0 Å². The van der Waals surface area contributed by atoms with Gasteiger partial charge in [-0.3, -0.25) is 5.10 Å². The zero-order valence-electron chi connectivity index (χ0n) is 10.6. The molecule has 100 valence electrons. The van der Waals surface area contributed by atoms with Crippen LogP contribution in [-0.2, 0) is 0 Å². The van der Waals surface area contributed by atoms with Crippen molar-refractivity contribution < 1.29 is 8.94 Å². The second kappa shape index (κ2) is 4.31. The number of benzene rings is 1. The average molecular weight is 277 g/mol. The van der Waals surface area contributed by atoms with Gasteiger partial charge in [0.25, 0.3) is 5.89 Å². The van der Waals surface area contributed by atoms with Crippen molar-refractivity contribution in [3.8, 4) is 28.9 Å². The van der Waals surface area contributed by atoms with Crippen LogP contribution < -0.4 is 0 Å². The van der Waals surface area contributed by atoms with E-state index in [2.05, 4.69) is 20.3 Å². The summed E-state index contributed by atoms with van der Waals surface area (Å²) in [6, 6.07) is 9.57. The highest BCUT2D eigenvalue weighted by Gasteiger charge is 2.18. The molecule has 0 aliphatic rings. The summed E-state index contributed by atoms with van der Waals surface area (Å²) >= 11 is 0. The number of aromatic nitrogens is 4. The lowest BCUT2D eigenvalue weighted by Gasteiger charge is -1.89. The number of aromatic amines is 1. The first kappa shape index (κ1) is 11.4. The van der Waals surface area contributed by atoms with Crippen LogP contribution in [-0.4, -0.2) is 20.3 Å². The third-order valence-corrected chi connectivity index (χ3v) is 3.13. The Morgan fingerprint density at radius 2 is 2.10 bits per heavy atom. The molecule has 0 amide bonds. The molecule has 3 heterocycles. The Labute approximate surface area is 117 Å². The minimum absolute atomic E-state index is 0.237. The van der Waals surface area contributed by atoms with Crippen LogP contribution in [0.25, 0.3) is 33.8 Å². The molecule has 7 heteroatoms. The van der Waals surface area contributed by atoms with Gasteiger partial charge in [0.05, 0.1) is 17.3 Å². The van der Waals surface area contributed by atoms with Gasteiger partial charge >= 0.3 is 0 Å². The summed E-state index contributed by atoms with van der Waals surface area (Å²) in [5, 5.41) is 20.2. The fraction of sp³-hybridized carbons (Fsp3) is 0. The summed E-state index contributed by atoms with van der Waals surface area (Å²) in [7, 11) is 0. The minimum atomic E-state index is 0.237. The molecule has 0 saturated carbocycles. The topological polar surface area (TPSA) is 105 Å². The van der Waals surface area contributed by atoms with Gasteiger partial charge in [0.1, 0.15) is 23.6 Å². The van der Waals surface area contributed by atoms with Gasteiger partial charge in [-0.1, -0.05) is 23.4 Å². The smallest absolute Gasteiger partial charge is 0.262 e. The number of rotatable bonds is 2. The number of nitrogens with zero attached hydrogens (tertiary/aromatic N) is 4. The SMILES string of the molecule is N#Cc1[nH]ncc1-c1nc(-c2coc3ccccc23)no1. The number of hydrogen-bond acceptors (Lipinski definition) is 6. The Bertz CT molecular complexity index is 973. The molecule has 0 bridgehead atoms. The van der Waals surface area contributed by atoms with E-state index >= 15 is 0 Å². The van der Waals surface area contributed by atoms with Crippen molar-refractivity contribution in [2.75, 3.05) is 0 Å². The summed E-state index contributed by atoms with van der Waals surface area (Å²) in [4.78, 5) is 4.31. The van der Waals surface area contributed by atoms with Gasteiger partial charge in [-0.25, -0.2) is 0 Å². The van der Waals surface area contributed by atoms with Crippen LogP contribution in [0.1, 0.15) is 5.69 Å². The van der Waals surface area contributed by atoms with Crippen LogP contribution in [0.5, 0.6) is 0 Å². The summed E-state index contributed by atoms with van der Waals surface area (Å²) in [5.74, 6) is 0.639. The van der Waals surface area contributed by atoms with E-state index in [4.69, 9.17) is 14.2 Å². The molecule has 0 aliphatic heterocycles. The standard InChI is InChI=1S/C14H7N5O2/c15-5-11-9(6-16-18-11)14-17-13(19-21-14)10-7-20-12-4-2-1-3-8(10)12/h1-4,6-7H,(H,16,18). The van der Waals surface area contributed by atoms with Crippen LogP contribution in [0, 0.1) is 11.3 Å². The van der Waals surface area contributed by atoms with E-state index < -0.39 is 0 Å². The lowest BCUT2D eigenvalue weighted by atomic mass is 10.2. The lowest BCUT2D eigenvalue weighted by molar-refractivity contribution is 0.432. The Morgan fingerprint density at radius 3 is 3.00 bits per heavy atom. The van der Waals surface area contributed by atoms with Gasteiger partial charge < -0.3 is 8.94 Å². The van der Waals surface area contributed by atoms with Crippen molar-refractivity contribution in [2.24, 2.45) is 0 Å². The van der Waals surface area contributed by atoms with Gasteiger partial charge in [0, 0.05) is 5.39 Å². The zero-order valence-corrected chi connectivity index (χ0v) is 10.6. The van der Waals surface area contributed by atoms with Gasteiger partial charge in [-0.2, -0.15) is 15.3 Å². The van der Waals surface area contributed by atoms with E-state index in [1.54, 1.807) is 6.26 Å². The van der Waals surface area contributed by atoms with Gasteiger partial charge in [0.2, 0.25) is 5.82 Å². The fourth-order valence-electron chi connectivity index (χ4n) is 2.13. The second-order valence-electron chi connectivity index (χ2n) is 4.34. The highest BCUT2D eigenvalue weighted by atomic mass is 16.5. The highest BCUT2D eigenvalue weighted by molar-refractivity contribution is 5.92. The molecule has 0 radical (unpaired) electrons. The Kier molecular flexibility index (Phi) is 2.35. The first-order chi connectivity index (χ1) is 10.4. The van der Waals surface area contributed by atoms with Crippen molar-refractivity contribution in [2.45, 2.75) is 0 Å². The Morgan fingerprint density at radius 1 is 1.19 bits per heavy atom. The van der Waals surface area contributed by atoms with E-state index in [0.29, 0.717) is 11.4 Å². The molecule has 3 aromatic heterocycles. The van der Waals surface area contributed by atoms with Crippen LogP contribution in [0.4, 0.5) is 0 Å². The fourth-order valence-corrected chi connectivity index (χ4v) is 2.13. The normalized spacial score (nSPS) is 10.8. The molecule has 1 N–H and O–H groups in total. The molecule has 0 spiro atoms. The predicted molar refractivity (Wildman–Crippen MR) is 71.8 cm³/mol. The molecule has 4 aromatic rings. The molecule has 0 saturated heterocycles. The van der Waals surface area contributed by atoms with Crippen LogP contribution >= 0.6 is 0 Å². The summed E-state index contributed by atoms with van der Waals surface area (Å²) < 4.78 is 10.7. The number of H-pyrrole nitrogens is 1. The molecule has 0 unspecified atom stereocenters. The summed E-state index contributed by atoms with van der Waals surface area (Å²) in [5.41, 5.74) is 2.24. The number of hydrogen-bond donors (Lipinski definition) is 1. The number of nitriles is 1. The Balaban J connectivity index is 1.83. The molecule has 7 nitrogen and oxygen atoms in total. The summed E-state index contributed by atoms with van der Waals surface area (Å²) in [6.45, 7) is 0. The van der Waals surface area contributed by atoms with Gasteiger partial charge in [-0.05, 0) is 6.07 Å². The predicted octanol–water partition coefficient (Wildman–Crippen LogP) is 2.74. The molecular weight excluding hydrogens is 270 g/mol. The molecule has 1 aromatic carbocycles. The van der Waals surface area contributed by atoms with Crippen molar-refractivity contribution in [3.05, 3.63) is 42.4 Å². The van der Waals surface area contributed by atoms with Gasteiger partial charge in [-0.15, -0.1) is 0 Å². The first-order valence-electron chi connectivity index (χ1n) is 6.11. The maximum atomic E-state index is 8.97. The van der Waals surface area contributed by atoms with Crippen LogP contribution in [0.15, 0.2) is 45.7 Å². The number of fused-ring (bicyclic) bond motifs is 1. The van der Waals surface area contributed by atoms with Crippen molar-refractivity contribution in [1.29, 1.82) is 5.26 Å². The average Bonchev–Trinajstić information content (AvgIpc) is 3.24. The van der Waals surface area contributed by atoms with E-state index in [-0.39, 0.29) is 11.6 Å². The first-order valence-corrected chi connectivity index (χ1v) is 6.11. The van der Waals surface area contributed by atoms with Crippen LogP contribution in [0.2, 0.25) is 0 Å². The maximum absolute atomic E-state index is 8.97. The zero-order chi connectivity index (χ0) is 14.2. The lowest BCUT2D eigenvalue weighted by Crippen LogP contribution is -1.81. The van der Waals surface area contributed by atoms with E-state index in [1.165, 1.54) is 6.20 Å². The highest BCUT2D eigenvalue weighted by Crippen LogP contribution is 2.30. The molecular formula is C14H7N5O2. The third kappa shape index (κ3) is 1.70. The van der Waals surface area contributed by atoms with E-state index in [9.17, 15) is 0 Å². The van der Waals surface area contributed by atoms with Crippen molar-refractivity contribution >= 4 is 11.0 Å². The number of para-hydroxylation sites is 1. The second-order valence-corrected chi connectivity index (χ2v) is 4.34. The largest absolute Gasteiger partial charge is 0.464 e. The quantitative estimate of drug-likeness (QED) is 0.604. The van der Waals surface area contributed by atoms with E-state index in [0.717, 1.165) is 16.5 Å². The molecule has 0 atom stereocenters. The monoisotopic (exact) mass is 277 g/mol. The number of furan rings is 1. The Hall–Kier alpha value is -3.40. The summed E-state index contributed by atoms with van der Waals surface area (Å²) in [6.07, 6.45) is 3.06. The molecule has 0 fully saturated rings. The van der Waals surface area contributed by atoms with E-state index in [1.807, 2.05) is 30.3 Å². The van der Waals surface area contributed by atoms with Crippen molar-refractivity contribution in [3.63, 3.8) is 0 Å². The molecule has 0 aliphatic carbocycles. The number of nitrogens with one attached hydrogen (secondary N) is 1. The third-order valence-electron chi connectivity index (χ3n) is 3.13. The minimum Gasteiger partial charge on any atom is -0.464 e. The molecule has 21 heavy (non-hydrogen) atoms.